The summed E-state index contributed by atoms with van der Waals surface area (Å²) in [5.74, 6) is 0. The van der Waals surface area contributed by atoms with E-state index in [1.54, 1.807) is 48.7 Å². The predicted octanol–water partition coefficient (Wildman–Crippen LogP) is 4.92. The van der Waals surface area contributed by atoms with Crippen LogP contribution in [-0.2, 0) is 20.9 Å². The largest absolute Gasteiger partial charge is 0.416 e. The van der Waals surface area contributed by atoms with Gasteiger partial charge in [0.1, 0.15) is 12.2 Å². The molecule has 0 radical (unpaired) electrons. The summed E-state index contributed by atoms with van der Waals surface area (Å²) in [5.41, 5.74) is 0.812. The number of nitrogens with zero attached hydrogens (tertiary/aromatic N) is 1. The van der Waals surface area contributed by atoms with Crippen molar-refractivity contribution in [3.63, 3.8) is 0 Å². The number of fused-ring (bicyclic) bond motifs is 1. The van der Waals surface area contributed by atoms with Crippen molar-refractivity contribution in [2.45, 2.75) is 88.8 Å². The number of aliphatic hydroxyl groups is 3. The van der Waals surface area contributed by atoms with Gasteiger partial charge in [-0.05, 0) is 74.7 Å². The van der Waals surface area contributed by atoms with Crippen molar-refractivity contribution >= 4 is 29.2 Å². The Morgan fingerprint density at radius 3 is 2.14 bits per heavy atom. The van der Waals surface area contributed by atoms with Gasteiger partial charge in [-0.1, -0.05) is 50.6 Å². The number of hydrogen-bond acceptors (Lipinski definition) is 6. The third-order valence-electron chi connectivity index (χ3n) is 7.47. The van der Waals surface area contributed by atoms with Crippen LogP contribution in [-0.4, -0.2) is 54.3 Å². The maximum Gasteiger partial charge on any atom is 0.268 e. The lowest BCUT2D eigenvalue weighted by molar-refractivity contribution is -0.107. The highest BCUT2D eigenvalue weighted by molar-refractivity contribution is 7.90. The summed E-state index contributed by atoms with van der Waals surface area (Å²) in [5, 5.41) is 32.6. The summed E-state index contributed by atoms with van der Waals surface area (Å²) in [6.45, 7) is 15.9. The van der Waals surface area contributed by atoms with Crippen LogP contribution in [0.1, 0.15) is 57.4 Å². The maximum absolute atomic E-state index is 13.7. The highest BCUT2D eigenvalue weighted by atomic mass is 32.2. The van der Waals surface area contributed by atoms with Crippen molar-refractivity contribution in [2.24, 2.45) is 0 Å². The van der Waals surface area contributed by atoms with Crippen LogP contribution in [0.3, 0.4) is 0 Å². The Bertz CT molecular complexity index is 1350. The number of rotatable bonds is 9. The van der Waals surface area contributed by atoms with E-state index < -0.39 is 36.1 Å². The highest BCUT2D eigenvalue weighted by Gasteiger charge is 2.37. The molecule has 0 bridgehead atoms. The van der Waals surface area contributed by atoms with Gasteiger partial charge in [-0.3, -0.25) is 0 Å². The monoisotopic (exact) mass is 547 g/mol. The van der Waals surface area contributed by atoms with Crippen LogP contribution in [0.15, 0.2) is 53.6 Å². The van der Waals surface area contributed by atoms with Crippen LogP contribution in [0, 0.1) is 6.92 Å². The first-order valence-corrected chi connectivity index (χ1v) is 16.9. The average Bonchev–Trinajstić information content (AvgIpc) is 3.16. The Kier molecular flexibility index (Phi) is 8.21. The Hall–Kier alpha value is -2.01. The lowest BCUT2D eigenvalue weighted by Crippen LogP contribution is -2.41. The summed E-state index contributed by atoms with van der Waals surface area (Å²) < 4.78 is 35.0. The number of aromatic nitrogens is 1. The van der Waals surface area contributed by atoms with E-state index in [9.17, 15) is 23.7 Å². The Morgan fingerprint density at radius 2 is 1.59 bits per heavy atom. The van der Waals surface area contributed by atoms with Crippen molar-refractivity contribution < 1.29 is 28.2 Å². The molecule has 37 heavy (non-hydrogen) atoms. The van der Waals surface area contributed by atoms with Gasteiger partial charge in [0.2, 0.25) is 0 Å². The zero-order valence-corrected chi connectivity index (χ0v) is 24.9. The normalized spacial score (nSPS) is 15.2. The minimum atomic E-state index is -3.94. The van der Waals surface area contributed by atoms with E-state index >= 15 is 0 Å². The molecule has 204 valence electrons. The summed E-state index contributed by atoms with van der Waals surface area (Å²) in [6.07, 6.45) is -0.906. The summed E-state index contributed by atoms with van der Waals surface area (Å²) in [6, 6.07) is 11.6. The van der Waals surface area contributed by atoms with Gasteiger partial charge in [0.05, 0.1) is 16.0 Å². The molecule has 3 rings (SSSR count). The first-order valence-electron chi connectivity index (χ1n) is 12.6. The number of aryl methyl sites for hydroxylation is 1. The highest BCUT2D eigenvalue weighted by Crippen LogP contribution is 2.38. The third-order valence-corrected chi connectivity index (χ3v) is 13.7. The zero-order valence-electron chi connectivity index (χ0n) is 23.1. The van der Waals surface area contributed by atoms with E-state index in [0.717, 1.165) is 5.56 Å². The molecule has 3 aromatic rings. The zero-order chi connectivity index (χ0) is 28.0. The number of aliphatic hydroxyl groups excluding tert-OH is 2. The van der Waals surface area contributed by atoms with Crippen molar-refractivity contribution in [3.8, 4) is 0 Å². The Balaban J connectivity index is 2.17. The van der Waals surface area contributed by atoms with E-state index in [1.807, 2.05) is 6.92 Å². The molecular formula is C28H41NO6SSi. The van der Waals surface area contributed by atoms with Crippen molar-refractivity contribution in [3.05, 3.63) is 65.4 Å². The smallest absolute Gasteiger partial charge is 0.268 e. The minimum absolute atomic E-state index is 0.0218. The van der Waals surface area contributed by atoms with Gasteiger partial charge < -0.3 is 19.7 Å². The SMILES string of the molecule is Cc1ccc(S(=O)(=O)n2cc(CCO[Si](C)(C)C(C)(C)C)c3c([C@@H](O)[C@H](O)C(C)(C)O)cccc32)cc1. The first-order chi connectivity index (χ1) is 16.9. The average molecular weight is 548 g/mol. The maximum atomic E-state index is 13.7. The number of hydrogen-bond donors (Lipinski definition) is 3. The molecule has 0 fully saturated rings. The molecule has 0 aliphatic carbocycles. The Morgan fingerprint density at radius 1 is 1.00 bits per heavy atom. The quantitative estimate of drug-likeness (QED) is 0.328. The van der Waals surface area contributed by atoms with E-state index in [1.165, 1.54) is 17.8 Å². The third kappa shape index (κ3) is 6.02. The second kappa shape index (κ2) is 10.3. The molecule has 2 atom stereocenters. The summed E-state index contributed by atoms with van der Waals surface area (Å²) >= 11 is 0. The second-order valence-electron chi connectivity index (χ2n) is 11.9. The second-order valence-corrected chi connectivity index (χ2v) is 18.5. The number of benzene rings is 2. The van der Waals surface area contributed by atoms with Gasteiger partial charge >= 0.3 is 0 Å². The van der Waals surface area contributed by atoms with Gasteiger partial charge in [-0.25, -0.2) is 12.4 Å². The van der Waals surface area contributed by atoms with E-state index in [2.05, 4.69) is 33.9 Å². The van der Waals surface area contributed by atoms with Crippen LogP contribution in [0.2, 0.25) is 18.1 Å². The molecule has 2 aromatic carbocycles. The van der Waals surface area contributed by atoms with Crippen molar-refractivity contribution in [1.29, 1.82) is 0 Å². The molecule has 0 aliphatic rings. The molecule has 0 spiro atoms. The molecule has 1 heterocycles. The van der Waals surface area contributed by atoms with Gasteiger partial charge in [0, 0.05) is 18.2 Å². The Labute approximate surface area is 221 Å². The molecular weight excluding hydrogens is 506 g/mol. The lowest BCUT2D eigenvalue weighted by Gasteiger charge is -2.36. The molecule has 0 unspecified atom stereocenters. The predicted molar refractivity (Wildman–Crippen MR) is 150 cm³/mol. The molecule has 0 aliphatic heterocycles. The standard InChI is InChI=1S/C28H41NO6SSi/c1-19-12-14-21(15-13-19)36(33,34)29-18-20(16-17-35-37(7,8)27(2,3)4)24-22(10-9-11-23(24)29)25(30)26(31)28(5,6)32/h9-15,18,25-26,30-32H,16-17H2,1-8H3/t25-,26+/m1/s1. The molecule has 9 heteroatoms. The fraction of sp³-hybridized carbons (Fsp3) is 0.500. The van der Waals surface area contributed by atoms with Crippen LogP contribution in [0.5, 0.6) is 0 Å². The summed E-state index contributed by atoms with van der Waals surface area (Å²) in [4.78, 5) is 0.154. The fourth-order valence-corrected chi connectivity index (χ4v) is 6.44. The molecule has 0 amide bonds. The van der Waals surface area contributed by atoms with E-state index in [-0.39, 0.29) is 9.93 Å². The fourth-order valence-electron chi connectivity index (χ4n) is 4.01. The van der Waals surface area contributed by atoms with Gasteiger partial charge in [0.15, 0.2) is 8.32 Å². The lowest BCUT2D eigenvalue weighted by atomic mass is 9.90. The van der Waals surface area contributed by atoms with Gasteiger partial charge in [0.25, 0.3) is 10.0 Å². The molecule has 1 aromatic heterocycles. The van der Waals surface area contributed by atoms with Crippen LogP contribution < -0.4 is 0 Å². The molecule has 0 saturated heterocycles. The van der Waals surface area contributed by atoms with Crippen LogP contribution >= 0.6 is 0 Å². The van der Waals surface area contributed by atoms with Crippen LogP contribution in [0.4, 0.5) is 0 Å². The van der Waals surface area contributed by atoms with Crippen molar-refractivity contribution in [1.82, 2.24) is 3.97 Å². The molecule has 3 N–H and O–H groups in total. The molecule has 0 saturated carbocycles. The van der Waals surface area contributed by atoms with Gasteiger partial charge in [-0.2, -0.15) is 0 Å². The van der Waals surface area contributed by atoms with E-state index in [0.29, 0.717) is 35.1 Å². The first kappa shape index (κ1) is 29.5. The van der Waals surface area contributed by atoms with Gasteiger partial charge in [-0.15, -0.1) is 0 Å². The van der Waals surface area contributed by atoms with E-state index in [4.69, 9.17) is 4.43 Å². The van der Waals surface area contributed by atoms with Crippen LogP contribution in [0.25, 0.3) is 10.9 Å². The minimum Gasteiger partial charge on any atom is -0.416 e. The topological polar surface area (TPSA) is 109 Å². The van der Waals surface area contributed by atoms with Crippen molar-refractivity contribution in [2.75, 3.05) is 6.61 Å². The molecule has 7 nitrogen and oxygen atoms in total. The summed E-state index contributed by atoms with van der Waals surface area (Å²) in [7, 11) is -5.98.